The molecule has 1 fully saturated rings. The molecule has 2 N–H and O–H groups in total. The maximum atomic E-state index is 11.7. The lowest BCUT2D eigenvalue weighted by Crippen LogP contribution is -2.29. The zero-order chi connectivity index (χ0) is 11.5. The number of carbonyl (C=O) groups excluding carboxylic acids is 1. The van der Waals surface area contributed by atoms with E-state index in [-0.39, 0.29) is 19.0 Å². The molecule has 0 bridgehead atoms. The fourth-order valence-corrected chi connectivity index (χ4v) is 1.82. The van der Waals surface area contributed by atoms with Gasteiger partial charge in [0, 0.05) is 25.9 Å². The Morgan fingerprint density at radius 3 is 2.69 bits per heavy atom. The van der Waals surface area contributed by atoms with E-state index in [2.05, 4.69) is 0 Å². The molecule has 0 spiro atoms. The van der Waals surface area contributed by atoms with Crippen molar-refractivity contribution in [1.82, 2.24) is 4.90 Å². The van der Waals surface area contributed by atoms with Gasteiger partial charge in [-0.3, -0.25) is 4.79 Å². The largest absolute Gasteiger partial charge is 0.469 e. The van der Waals surface area contributed by atoms with Crippen LogP contribution in [0.1, 0.15) is 12.2 Å². The van der Waals surface area contributed by atoms with Crippen molar-refractivity contribution in [3.05, 3.63) is 24.2 Å². The van der Waals surface area contributed by atoms with E-state index in [1.54, 1.807) is 12.3 Å². The van der Waals surface area contributed by atoms with Crippen molar-refractivity contribution in [2.75, 3.05) is 13.1 Å². The van der Waals surface area contributed by atoms with Crippen LogP contribution in [0.3, 0.4) is 0 Å². The molecule has 1 saturated heterocycles. The molecule has 1 aromatic rings. The van der Waals surface area contributed by atoms with E-state index in [1.807, 2.05) is 6.07 Å². The first-order chi connectivity index (χ1) is 7.66. The van der Waals surface area contributed by atoms with E-state index >= 15 is 0 Å². The molecule has 5 nitrogen and oxygen atoms in total. The minimum atomic E-state index is -0.812. The molecule has 1 aliphatic heterocycles. The van der Waals surface area contributed by atoms with Crippen molar-refractivity contribution in [3.63, 3.8) is 0 Å². The maximum Gasteiger partial charge on any atom is 0.223 e. The van der Waals surface area contributed by atoms with E-state index in [0.717, 1.165) is 5.76 Å². The summed E-state index contributed by atoms with van der Waals surface area (Å²) in [6.07, 6.45) is 0.838. The molecular weight excluding hydrogens is 210 g/mol. The summed E-state index contributed by atoms with van der Waals surface area (Å²) >= 11 is 0. The summed E-state index contributed by atoms with van der Waals surface area (Å²) in [5, 5.41) is 18.6. The number of furan rings is 1. The Morgan fingerprint density at radius 2 is 2.12 bits per heavy atom. The first-order valence-corrected chi connectivity index (χ1v) is 5.33. The summed E-state index contributed by atoms with van der Waals surface area (Å²) in [7, 11) is 0. The molecule has 1 aromatic heterocycles. The first-order valence-electron chi connectivity index (χ1n) is 5.33. The fraction of sp³-hybridized carbons (Fsp3) is 0.545. The number of amides is 1. The molecule has 2 atom stereocenters. The summed E-state index contributed by atoms with van der Waals surface area (Å²) in [5.74, 6) is 0.709. The normalized spacial score (nSPS) is 25.0. The molecule has 0 radical (unpaired) electrons. The third kappa shape index (κ3) is 2.43. The van der Waals surface area contributed by atoms with Gasteiger partial charge in [0.05, 0.1) is 18.5 Å². The maximum absolute atomic E-state index is 11.7. The molecule has 0 aliphatic carbocycles. The van der Waals surface area contributed by atoms with Crippen molar-refractivity contribution in [3.8, 4) is 0 Å². The predicted molar refractivity (Wildman–Crippen MR) is 55.6 cm³/mol. The van der Waals surface area contributed by atoms with Gasteiger partial charge in [0.2, 0.25) is 5.91 Å². The number of rotatable bonds is 3. The highest BCUT2D eigenvalue weighted by atomic mass is 16.3. The summed E-state index contributed by atoms with van der Waals surface area (Å²) in [6, 6.07) is 3.60. The van der Waals surface area contributed by atoms with Gasteiger partial charge < -0.3 is 19.5 Å². The lowest BCUT2D eigenvalue weighted by Gasteiger charge is -2.14. The quantitative estimate of drug-likeness (QED) is 0.745. The molecule has 2 unspecified atom stereocenters. The van der Waals surface area contributed by atoms with Crippen LogP contribution in [0, 0.1) is 0 Å². The highest BCUT2D eigenvalue weighted by molar-refractivity contribution is 5.76. The topological polar surface area (TPSA) is 73.9 Å². The molecule has 0 aromatic carbocycles. The number of aliphatic hydroxyl groups is 2. The smallest absolute Gasteiger partial charge is 0.223 e. The molecule has 2 heterocycles. The number of aryl methyl sites for hydroxylation is 1. The van der Waals surface area contributed by atoms with Crippen LogP contribution in [0.4, 0.5) is 0 Å². The van der Waals surface area contributed by atoms with Gasteiger partial charge >= 0.3 is 0 Å². The Bertz CT molecular complexity index is 339. The van der Waals surface area contributed by atoms with Crippen LogP contribution >= 0.6 is 0 Å². The summed E-state index contributed by atoms with van der Waals surface area (Å²) < 4.78 is 5.12. The number of β-amino-alcohol motifs (C(OH)–C–C–N with tert-alkyl or cyclic N) is 2. The van der Waals surface area contributed by atoms with Gasteiger partial charge in [-0.05, 0) is 12.1 Å². The predicted octanol–water partition coefficient (Wildman–Crippen LogP) is -0.224. The Hall–Kier alpha value is -1.33. The summed E-state index contributed by atoms with van der Waals surface area (Å²) in [6.45, 7) is 0.441. The van der Waals surface area contributed by atoms with Crippen molar-refractivity contribution in [2.45, 2.75) is 25.0 Å². The van der Waals surface area contributed by atoms with Gasteiger partial charge in [-0.1, -0.05) is 0 Å². The molecular formula is C11H15NO4. The van der Waals surface area contributed by atoms with Gasteiger partial charge in [0.1, 0.15) is 5.76 Å². The van der Waals surface area contributed by atoms with Gasteiger partial charge in [-0.25, -0.2) is 0 Å². The zero-order valence-corrected chi connectivity index (χ0v) is 8.87. The lowest BCUT2D eigenvalue weighted by molar-refractivity contribution is -0.130. The summed E-state index contributed by atoms with van der Waals surface area (Å²) in [5.41, 5.74) is 0. The van der Waals surface area contributed by atoms with Crippen molar-refractivity contribution in [2.24, 2.45) is 0 Å². The third-order valence-electron chi connectivity index (χ3n) is 2.78. The molecule has 0 saturated carbocycles. The number of aliphatic hydroxyl groups excluding tert-OH is 2. The molecule has 16 heavy (non-hydrogen) atoms. The Kier molecular flexibility index (Phi) is 3.26. The number of nitrogens with zero attached hydrogens (tertiary/aromatic N) is 1. The van der Waals surface area contributed by atoms with Crippen LogP contribution in [0.2, 0.25) is 0 Å². The second-order valence-electron chi connectivity index (χ2n) is 4.01. The Balaban J connectivity index is 1.80. The summed E-state index contributed by atoms with van der Waals surface area (Å²) in [4.78, 5) is 13.2. The van der Waals surface area contributed by atoms with Crippen molar-refractivity contribution in [1.29, 1.82) is 0 Å². The van der Waals surface area contributed by atoms with Gasteiger partial charge in [0.15, 0.2) is 0 Å². The Morgan fingerprint density at radius 1 is 1.44 bits per heavy atom. The van der Waals surface area contributed by atoms with Crippen molar-refractivity contribution < 1.29 is 19.4 Å². The van der Waals surface area contributed by atoms with Crippen LogP contribution < -0.4 is 0 Å². The van der Waals surface area contributed by atoms with E-state index in [1.165, 1.54) is 4.90 Å². The van der Waals surface area contributed by atoms with Crippen LogP contribution in [0.25, 0.3) is 0 Å². The van der Waals surface area contributed by atoms with Gasteiger partial charge in [-0.15, -0.1) is 0 Å². The fourth-order valence-electron chi connectivity index (χ4n) is 1.82. The third-order valence-corrected chi connectivity index (χ3v) is 2.78. The molecule has 88 valence electrons. The minimum Gasteiger partial charge on any atom is -0.469 e. The molecule has 1 aliphatic rings. The highest BCUT2D eigenvalue weighted by Gasteiger charge is 2.32. The van der Waals surface area contributed by atoms with Gasteiger partial charge in [-0.2, -0.15) is 0 Å². The molecule has 1 amide bonds. The average Bonchev–Trinajstić information content (AvgIpc) is 2.86. The van der Waals surface area contributed by atoms with E-state index in [4.69, 9.17) is 4.42 Å². The SMILES string of the molecule is O=C(CCc1ccco1)N1CC(O)C(O)C1. The van der Waals surface area contributed by atoms with Crippen LogP contribution in [-0.4, -0.2) is 46.3 Å². The van der Waals surface area contributed by atoms with Crippen LogP contribution in [0.15, 0.2) is 22.8 Å². The first kappa shape index (κ1) is 11.2. The van der Waals surface area contributed by atoms with Gasteiger partial charge in [0.25, 0.3) is 0 Å². The standard InChI is InChI=1S/C11H15NO4/c13-9-6-12(7-10(9)14)11(15)4-3-8-2-1-5-16-8/h1-2,5,9-10,13-14H,3-4,6-7H2. The number of hydrogen-bond donors (Lipinski definition) is 2. The highest BCUT2D eigenvalue weighted by Crippen LogP contribution is 2.12. The van der Waals surface area contributed by atoms with Crippen LogP contribution in [-0.2, 0) is 11.2 Å². The number of likely N-dealkylation sites (tertiary alicyclic amines) is 1. The lowest BCUT2D eigenvalue weighted by atomic mass is 10.2. The van der Waals surface area contributed by atoms with Crippen LogP contribution in [0.5, 0.6) is 0 Å². The second kappa shape index (κ2) is 4.67. The monoisotopic (exact) mass is 225 g/mol. The zero-order valence-electron chi connectivity index (χ0n) is 8.87. The van der Waals surface area contributed by atoms with Crippen molar-refractivity contribution >= 4 is 5.91 Å². The van der Waals surface area contributed by atoms with E-state index in [9.17, 15) is 15.0 Å². The van der Waals surface area contributed by atoms with E-state index in [0.29, 0.717) is 12.8 Å². The molecule has 2 rings (SSSR count). The average molecular weight is 225 g/mol. The number of carbonyl (C=O) groups is 1. The minimum absolute atomic E-state index is 0.0630. The molecule has 5 heteroatoms. The second-order valence-corrected chi connectivity index (χ2v) is 4.01. The van der Waals surface area contributed by atoms with E-state index < -0.39 is 12.2 Å². The number of hydrogen-bond acceptors (Lipinski definition) is 4. The Labute approximate surface area is 93.3 Å².